The molecule has 84 valence electrons. The quantitative estimate of drug-likeness (QED) is 0.622. The van der Waals surface area contributed by atoms with Gasteiger partial charge < -0.3 is 0 Å². The van der Waals surface area contributed by atoms with Crippen molar-refractivity contribution in [3.8, 4) is 0 Å². The highest BCUT2D eigenvalue weighted by Crippen LogP contribution is 2.26. The van der Waals surface area contributed by atoms with E-state index in [0.717, 1.165) is 21.6 Å². The lowest BCUT2D eigenvalue weighted by atomic mass is 10.1. The minimum Gasteiger partial charge on any atom is -0.212 e. The average molecular weight is 265 g/mol. The van der Waals surface area contributed by atoms with Crippen molar-refractivity contribution in [1.82, 2.24) is 0 Å². The van der Waals surface area contributed by atoms with Gasteiger partial charge in [0.2, 0.25) is 9.05 Å². The maximum Gasteiger partial charge on any atom is 0.236 e. The summed E-state index contributed by atoms with van der Waals surface area (Å²) in [6.45, 7) is 3.97. The van der Waals surface area contributed by atoms with Gasteiger partial charge >= 0.3 is 0 Å². The van der Waals surface area contributed by atoms with Crippen molar-refractivity contribution in [2.24, 2.45) is 0 Å². The summed E-state index contributed by atoms with van der Waals surface area (Å²) in [7, 11) is 1.77. The molecule has 0 fully saturated rings. The summed E-state index contributed by atoms with van der Waals surface area (Å²) >= 11 is 1.54. The van der Waals surface area contributed by atoms with Crippen LogP contribution in [0.15, 0.2) is 17.0 Å². The van der Waals surface area contributed by atoms with Gasteiger partial charge in [-0.05, 0) is 42.9 Å². The second kappa shape index (κ2) is 4.76. The van der Waals surface area contributed by atoms with Gasteiger partial charge in [0.25, 0.3) is 0 Å². The van der Waals surface area contributed by atoms with E-state index in [9.17, 15) is 8.42 Å². The first kappa shape index (κ1) is 12.9. The van der Waals surface area contributed by atoms with Gasteiger partial charge in [0.1, 0.15) is 0 Å². The third-order valence-corrected chi connectivity index (χ3v) is 4.03. The molecule has 0 bridgehead atoms. The van der Waals surface area contributed by atoms with Crippen LogP contribution >= 0.6 is 22.4 Å². The Hall–Kier alpha value is -0.190. The maximum absolute atomic E-state index is 11.0. The molecule has 0 N–H and O–H groups in total. The molecule has 0 aliphatic rings. The SMILES string of the molecule is CSc1cc(C)c(C)cc1CS(=O)(=O)Cl. The van der Waals surface area contributed by atoms with Crippen LogP contribution in [-0.2, 0) is 14.8 Å². The van der Waals surface area contributed by atoms with Gasteiger partial charge in [0, 0.05) is 15.6 Å². The fourth-order valence-electron chi connectivity index (χ4n) is 1.34. The van der Waals surface area contributed by atoms with Gasteiger partial charge in [-0.1, -0.05) is 6.07 Å². The number of hydrogen-bond acceptors (Lipinski definition) is 3. The van der Waals surface area contributed by atoms with Crippen molar-refractivity contribution in [2.75, 3.05) is 6.26 Å². The highest BCUT2D eigenvalue weighted by molar-refractivity contribution is 8.13. The minimum absolute atomic E-state index is 0.105. The molecule has 0 unspecified atom stereocenters. The molecule has 0 aromatic heterocycles. The zero-order valence-electron chi connectivity index (χ0n) is 8.87. The van der Waals surface area contributed by atoms with Gasteiger partial charge in [-0.3, -0.25) is 0 Å². The van der Waals surface area contributed by atoms with Crippen LogP contribution in [0.3, 0.4) is 0 Å². The van der Waals surface area contributed by atoms with E-state index in [2.05, 4.69) is 0 Å². The molecule has 0 atom stereocenters. The van der Waals surface area contributed by atoms with E-state index < -0.39 is 9.05 Å². The summed E-state index contributed by atoms with van der Waals surface area (Å²) in [5, 5.41) is 0. The van der Waals surface area contributed by atoms with Gasteiger partial charge in [0.15, 0.2) is 0 Å². The monoisotopic (exact) mass is 264 g/mol. The Balaban J connectivity index is 3.22. The van der Waals surface area contributed by atoms with E-state index in [0.29, 0.717) is 0 Å². The zero-order chi connectivity index (χ0) is 11.6. The molecular weight excluding hydrogens is 252 g/mol. The summed E-state index contributed by atoms with van der Waals surface area (Å²) in [6.07, 6.45) is 1.93. The van der Waals surface area contributed by atoms with Crippen LogP contribution in [-0.4, -0.2) is 14.7 Å². The Labute approximate surface area is 99.4 Å². The molecule has 0 aliphatic carbocycles. The Kier molecular flexibility index (Phi) is 4.09. The molecule has 1 rings (SSSR count). The summed E-state index contributed by atoms with van der Waals surface area (Å²) < 4.78 is 22.0. The molecule has 0 aliphatic heterocycles. The number of hydrogen-bond donors (Lipinski definition) is 0. The first-order valence-corrected chi connectivity index (χ1v) is 8.10. The van der Waals surface area contributed by atoms with Crippen LogP contribution in [0.2, 0.25) is 0 Å². The van der Waals surface area contributed by atoms with Crippen molar-refractivity contribution in [2.45, 2.75) is 24.5 Å². The Morgan fingerprint density at radius 2 is 1.80 bits per heavy atom. The van der Waals surface area contributed by atoms with Crippen molar-refractivity contribution in [3.63, 3.8) is 0 Å². The molecule has 2 nitrogen and oxygen atoms in total. The average Bonchev–Trinajstić information content (AvgIpc) is 2.08. The largest absolute Gasteiger partial charge is 0.236 e. The Morgan fingerprint density at radius 1 is 1.27 bits per heavy atom. The molecule has 5 heteroatoms. The topological polar surface area (TPSA) is 34.1 Å². The predicted octanol–water partition coefficient (Wildman–Crippen LogP) is 3.09. The minimum atomic E-state index is -3.48. The third-order valence-electron chi connectivity index (χ3n) is 2.22. The van der Waals surface area contributed by atoms with E-state index in [-0.39, 0.29) is 5.75 Å². The Bertz CT molecular complexity index is 467. The number of thioether (sulfide) groups is 1. The summed E-state index contributed by atoms with van der Waals surface area (Å²) in [5.74, 6) is -0.105. The lowest BCUT2D eigenvalue weighted by molar-refractivity contribution is 0.608. The number of halogens is 1. The van der Waals surface area contributed by atoms with Gasteiger partial charge in [-0.25, -0.2) is 8.42 Å². The highest BCUT2D eigenvalue weighted by atomic mass is 35.7. The first-order valence-electron chi connectivity index (χ1n) is 4.40. The maximum atomic E-state index is 11.0. The molecule has 0 heterocycles. The van der Waals surface area contributed by atoms with Gasteiger partial charge in [-0.15, -0.1) is 11.8 Å². The smallest absolute Gasteiger partial charge is 0.212 e. The van der Waals surface area contributed by atoms with Crippen LogP contribution < -0.4 is 0 Å². The van der Waals surface area contributed by atoms with Crippen LogP contribution in [0.1, 0.15) is 16.7 Å². The van der Waals surface area contributed by atoms with Crippen LogP contribution in [0.4, 0.5) is 0 Å². The van der Waals surface area contributed by atoms with Crippen molar-refractivity contribution < 1.29 is 8.42 Å². The highest BCUT2D eigenvalue weighted by Gasteiger charge is 2.12. The molecule has 0 spiro atoms. The Morgan fingerprint density at radius 3 is 2.27 bits per heavy atom. The molecule has 0 amide bonds. The molecule has 0 radical (unpaired) electrons. The number of benzene rings is 1. The van der Waals surface area contributed by atoms with Crippen LogP contribution in [0, 0.1) is 13.8 Å². The lowest BCUT2D eigenvalue weighted by Gasteiger charge is -2.09. The van der Waals surface area contributed by atoms with E-state index in [1.807, 2.05) is 32.2 Å². The normalized spacial score (nSPS) is 11.7. The van der Waals surface area contributed by atoms with E-state index in [4.69, 9.17) is 10.7 Å². The summed E-state index contributed by atoms with van der Waals surface area (Å²) in [5.41, 5.74) is 3.03. The van der Waals surface area contributed by atoms with Crippen molar-refractivity contribution in [1.29, 1.82) is 0 Å². The van der Waals surface area contributed by atoms with Gasteiger partial charge in [-0.2, -0.15) is 0 Å². The van der Waals surface area contributed by atoms with Crippen molar-refractivity contribution >= 4 is 31.5 Å². The van der Waals surface area contributed by atoms with Gasteiger partial charge in [0.05, 0.1) is 5.75 Å². The standard InChI is InChI=1S/C10H13ClO2S2/c1-7-4-9(6-15(11,12)13)10(14-3)5-8(7)2/h4-5H,6H2,1-3H3. The number of rotatable bonds is 3. The van der Waals surface area contributed by atoms with E-state index >= 15 is 0 Å². The fraction of sp³-hybridized carbons (Fsp3) is 0.400. The second-order valence-electron chi connectivity index (χ2n) is 3.43. The first-order chi connectivity index (χ1) is 6.83. The molecule has 15 heavy (non-hydrogen) atoms. The van der Waals surface area contributed by atoms with Crippen LogP contribution in [0.5, 0.6) is 0 Å². The molecular formula is C10H13ClO2S2. The van der Waals surface area contributed by atoms with E-state index in [1.165, 1.54) is 11.8 Å². The molecule has 1 aromatic carbocycles. The molecule has 1 aromatic rings. The summed E-state index contributed by atoms with van der Waals surface area (Å²) in [4.78, 5) is 0.974. The molecule has 0 saturated heterocycles. The van der Waals surface area contributed by atoms with Crippen LogP contribution in [0.25, 0.3) is 0 Å². The van der Waals surface area contributed by atoms with E-state index in [1.54, 1.807) is 0 Å². The fourth-order valence-corrected chi connectivity index (χ4v) is 3.08. The van der Waals surface area contributed by atoms with Crippen molar-refractivity contribution in [3.05, 3.63) is 28.8 Å². The third kappa shape index (κ3) is 3.70. The lowest BCUT2D eigenvalue weighted by Crippen LogP contribution is -1.98. The number of aryl methyl sites for hydroxylation is 2. The second-order valence-corrected chi connectivity index (χ2v) is 7.06. The zero-order valence-corrected chi connectivity index (χ0v) is 11.3. The predicted molar refractivity (Wildman–Crippen MR) is 66.2 cm³/mol. The summed E-state index contributed by atoms with van der Waals surface area (Å²) in [6, 6.07) is 3.89. The molecule has 0 saturated carbocycles.